The minimum Gasteiger partial charge on any atom is -0.493 e. The summed E-state index contributed by atoms with van der Waals surface area (Å²) in [5.41, 5.74) is 5.23. The normalized spacial score (nSPS) is 16.1. The van der Waals surface area contributed by atoms with E-state index in [-0.39, 0.29) is 17.4 Å². The molecule has 1 aromatic carbocycles. The molecule has 0 aliphatic heterocycles. The first-order valence-corrected chi connectivity index (χ1v) is 5.68. The SMILES string of the molecule is COc1ccc(NC(=O)C2(N)CC2)cc1OC(F)F. The molecule has 0 aromatic heterocycles. The zero-order valence-electron chi connectivity index (χ0n) is 10.3. The van der Waals surface area contributed by atoms with E-state index < -0.39 is 12.2 Å². The van der Waals surface area contributed by atoms with E-state index in [0.29, 0.717) is 18.5 Å². The van der Waals surface area contributed by atoms with E-state index in [0.717, 1.165) is 0 Å². The van der Waals surface area contributed by atoms with Gasteiger partial charge in [-0.25, -0.2) is 0 Å². The second-order valence-electron chi connectivity index (χ2n) is 4.35. The Kier molecular flexibility index (Phi) is 3.57. The Bertz CT molecular complexity index is 490. The molecule has 0 saturated heterocycles. The Morgan fingerprint density at radius 1 is 1.42 bits per heavy atom. The van der Waals surface area contributed by atoms with Gasteiger partial charge >= 0.3 is 6.61 Å². The zero-order chi connectivity index (χ0) is 14.0. The highest BCUT2D eigenvalue weighted by Gasteiger charge is 2.45. The van der Waals surface area contributed by atoms with E-state index in [4.69, 9.17) is 10.5 Å². The lowest BCUT2D eigenvalue weighted by atomic mass is 10.2. The number of amides is 1. The van der Waals surface area contributed by atoms with Crippen LogP contribution in [0.5, 0.6) is 11.5 Å². The van der Waals surface area contributed by atoms with E-state index in [1.54, 1.807) is 0 Å². The number of rotatable bonds is 5. The summed E-state index contributed by atoms with van der Waals surface area (Å²) in [6.45, 7) is -2.97. The Labute approximate surface area is 108 Å². The molecule has 0 heterocycles. The quantitative estimate of drug-likeness (QED) is 0.856. The Balaban J connectivity index is 2.15. The first kappa shape index (κ1) is 13.5. The number of halogens is 2. The number of ether oxygens (including phenoxy) is 2. The molecule has 3 N–H and O–H groups in total. The van der Waals surface area contributed by atoms with Gasteiger partial charge in [0, 0.05) is 11.8 Å². The maximum atomic E-state index is 12.2. The predicted octanol–water partition coefficient (Wildman–Crippen LogP) is 1.73. The minimum atomic E-state index is -2.97. The third-order valence-electron chi connectivity index (χ3n) is 2.88. The number of anilines is 1. The Morgan fingerprint density at radius 3 is 2.63 bits per heavy atom. The van der Waals surface area contributed by atoms with Gasteiger partial charge < -0.3 is 20.5 Å². The Hall–Kier alpha value is -1.89. The molecule has 5 nitrogen and oxygen atoms in total. The number of hydrogen-bond donors (Lipinski definition) is 2. The third kappa shape index (κ3) is 3.11. The Morgan fingerprint density at radius 2 is 2.11 bits per heavy atom. The average molecular weight is 272 g/mol. The van der Waals surface area contributed by atoms with Gasteiger partial charge in [-0.3, -0.25) is 4.79 Å². The van der Waals surface area contributed by atoms with E-state index in [2.05, 4.69) is 10.1 Å². The first-order chi connectivity index (χ1) is 8.94. The van der Waals surface area contributed by atoms with Crippen molar-refractivity contribution in [1.82, 2.24) is 0 Å². The van der Waals surface area contributed by atoms with Crippen molar-refractivity contribution < 1.29 is 23.0 Å². The highest BCUT2D eigenvalue weighted by Crippen LogP contribution is 2.35. The van der Waals surface area contributed by atoms with E-state index in [1.165, 1.54) is 25.3 Å². The van der Waals surface area contributed by atoms with Crippen LogP contribution in [0.1, 0.15) is 12.8 Å². The van der Waals surface area contributed by atoms with Crippen molar-refractivity contribution in [2.24, 2.45) is 5.73 Å². The van der Waals surface area contributed by atoms with Crippen LogP contribution in [0, 0.1) is 0 Å². The molecule has 1 aromatic rings. The fourth-order valence-electron chi connectivity index (χ4n) is 1.56. The monoisotopic (exact) mass is 272 g/mol. The molecule has 1 aliphatic carbocycles. The molecule has 1 fully saturated rings. The largest absolute Gasteiger partial charge is 0.493 e. The van der Waals surface area contributed by atoms with Crippen LogP contribution in [0.25, 0.3) is 0 Å². The molecule has 1 amide bonds. The molecule has 0 spiro atoms. The molecule has 2 rings (SSSR count). The lowest BCUT2D eigenvalue weighted by molar-refractivity contribution is -0.118. The van der Waals surface area contributed by atoms with Gasteiger partial charge in [0.25, 0.3) is 0 Å². The third-order valence-corrected chi connectivity index (χ3v) is 2.88. The standard InChI is InChI=1S/C12H14F2N2O3/c1-18-8-3-2-7(6-9(8)19-11(13)14)16-10(17)12(15)4-5-12/h2-3,6,11H,4-5,15H2,1H3,(H,16,17). The molecular weight excluding hydrogens is 258 g/mol. The maximum absolute atomic E-state index is 12.2. The minimum absolute atomic E-state index is 0.142. The van der Waals surface area contributed by atoms with Crippen LogP contribution in [0.2, 0.25) is 0 Å². The summed E-state index contributed by atoms with van der Waals surface area (Å²) in [4.78, 5) is 11.7. The maximum Gasteiger partial charge on any atom is 0.387 e. The smallest absolute Gasteiger partial charge is 0.387 e. The summed E-state index contributed by atoms with van der Waals surface area (Å²) in [6.07, 6.45) is 1.24. The van der Waals surface area contributed by atoms with Gasteiger partial charge in [-0.1, -0.05) is 0 Å². The van der Waals surface area contributed by atoms with E-state index in [9.17, 15) is 13.6 Å². The lowest BCUT2D eigenvalue weighted by Crippen LogP contribution is -2.37. The van der Waals surface area contributed by atoms with Crippen molar-refractivity contribution in [1.29, 1.82) is 0 Å². The van der Waals surface area contributed by atoms with Crippen molar-refractivity contribution >= 4 is 11.6 Å². The van der Waals surface area contributed by atoms with Gasteiger partial charge in [-0.15, -0.1) is 0 Å². The fourth-order valence-corrected chi connectivity index (χ4v) is 1.56. The summed E-state index contributed by atoms with van der Waals surface area (Å²) < 4.78 is 33.7. The first-order valence-electron chi connectivity index (χ1n) is 5.68. The van der Waals surface area contributed by atoms with Gasteiger partial charge in [0.2, 0.25) is 5.91 Å². The van der Waals surface area contributed by atoms with Gasteiger partial charge in [0.05, 0.1) is 12.6 Å². The number of methoxy groups -OCH3 is 1. The number of nitrogens with two attached hydrogens (primary N) is 1. The molecule has 0 unspecified atom stereocenters. The summed E-state index contributed by atoms with van der Waals surface area (Å²) in [5.74, 6) is -0.315. The van der Waals surface area contributed by atoms with Crippen molar-refractivity contribution in [3.05, 3.63) is 18.2 Å². The van der Waals surface area contributed by atoms with Gasteiger partial charge in [0.1, 0.15) is 0 Å². The fraction of sp³-hybridized carbons (Fsp3) is 0.417. The number of alkyl halides is 2. The van der Waals surface area contributed by atoms with E-state index >= 15 is 0 Å². The second-order valence-corrected chi connectivity index (χ2v) is 4.35. The number of carbonyl (C=O) groups is 1. The van der Waals surface area contributed by atoms with Crippen LogP contribution >= 0.6 is 0 Å². The van der Waals surface area contributed by atoms with Crippen LogP contribution in [0.15, 0.2) is 18.2 Å². The summed E-state index contributed by atoms with van der Waals surface area (Å²) in [6, 6.07) is 4.23. The predicted molar refractivity (Wildman–Crippen MR) is 64.4 cm³/mol. The molecule has 0 atom stereocenters. The summed E-state index contributed by atoms with van der Waals surface area (Å²) >= 11 is 0. The van der Waals surface area contributed by atoms with Crippen LogP contribution in [-0.4, -0.2) is 25.2 Å². The molecule has 104 valence electrons. The van der Waals surface area contributed by atoms with Crippen LogP contribution < -0.4 is 20.5 Å². The molecule has 1 saturated carbocycles. The van der Waals surface area contributed by atoms with Crippen molar-refractivity contribution in [3.8, 4) is 11.5 Å². The average Bonchev–Trinajstić information content (AvgIpc) is 3.08. The molecular formula is C12H14F2N2O3. The van der Waals surface area contributed by atoms with Gasteiger partial charge in [-0.2, -0.15) is 8.78 Å². The van der Waals surface area contributed by atoms with Crippen molar-refractivity contribution in [2.75, 3.05) is 12.4 Å². The molecule has 1 aliphatic rings. The highest BCUT2D eigenvalue weighted by atomic mass is 19.3. The van der Waals surface area contributed by atoms with Crippen LogP contribution in [-0.2, 0) is 4.79 Å². The van der Waals surface area contributed by atoms with Crippen LogP contribution in [0.4, 0.5) is 14.5 Å². The number of benzene rings is 1. The number of nitrogens with one attached hydrogen (secondary N) is 1. The number of carbonyl (C=O) groups excluding carboxylic acids is 1. The summed E-state index contributed by atoms with van der Waals surface area (Å²) in [7, 11) is 1.34. The van der Waals surface area contributed by atoms with Crippen molar-refractivity contribution in [3.63, 3.8) is 0 Å². The zero-order valence-corrected chi connectivity index (χ0v) is 10.3. The van der Waals surface area contributed by atoms with E-state index in [1.807, 2.05) is 0 Å². The summed E-state index contributed by atoms with van der Waals surface area (Å²) in [5, 5.41) is 2.56. The van der Waals surface area contributed by atoms with Gasteiger partial charge in [0.15, 0.2) is 11.5 Å². The molecule has 7 heteroatoms. The van der Waals surface area contributed by atoms with Crippen LogP contribution in [0.3, 0.4) is 0 Å². The molecule has 0 radical (unpaired) electrons. The lowest BCUT2D eigenvalue weighted by Gasteiger charge is -2.13. The highest BCUT2D eigenvalue weighted by molar-refractivity contribution is 6.00. The molecule has 0 bridgehead atoms. The molecule has 19 heavy (non-hydrogen) atoms. The van der Waals surface area contributed by atoms with Crippen molar-refractivity contribution in [2.45, 2.75) is 25.0 Å². The number of hydrogen-bond acceptors (Lipinski definition) is 4. The topological polar surface area (TPSA) is 73.6 Å². The van der Waals surface area contributed by atoms with Gasteiger partial charge in [-0.05, 0) is 25.0 Å². The second kappa shape index (κ2) is 5.00.